The van der Waals surface area contributed by atoms with Gasteiger partial charge >= 0.3 is 0 Å². The third-order valence-electron chi connectivity index (χ3n) is 4.94. The Bertz CT molecular complexity index is 1120. The van der Waals surface area contributed by atoms with Gasteiger partial charge in [-0.2, -0.15) is 5.10 Å². The number of rotatable bonds is 7. The van der Waals surface area contributed by atoms with E-state index in [1.807, 2.05) is 30.0 Å². The summed E-state index contributed by atoms with van der Waals surface area (Å²) in [6, 6.07) is 4.41. The Kier molecular flexibility index (Phi) is 6.75. The molecule has 0 spiro atoms. The Morgan fingerprint density at radius 2 is 1.97 bits per heavy atom. The van der Waals surface area contributed by atoms with Gasteiger partial charge in [-0.25, -0.2) is 9.07 Å². The van der Waals surface area contributed by atoms with Crippen molar-refractivity contribution in [2.24, 2.45) is 0 Å². The molecule has 0 saturated carbocycles. The summed E-state index contributed by atoms with van der Waals surface area (Å²) < 4.78 is 24.4. The Labute approximate surface area is 184 Å². The number of fused-ring (bicyclic) bond motifs is 1. The molecule has 2 aromatic heterocycles. The Balaban J connectivity index is 1.92. The fourth-order valence-electron chi connectivity index (χ4n) is 3.27. The summed E-state index contributed by atoms with van der Waals surface area (Å²) >= 11 is 0. The van der Waals surface area contributed by atoms with E-state index in [1.54, 1.807) is 24.7 Å². The maximum atomic E-state index is 15.0. The fraction of sp³-hybridized carbons (Fsp3) is 0.458. The molecule has 5 nitrogen and oxygen atoms in total. The van der Waals surface area contributed by atoms with Crippen LogP contribution in [0.3, 0.4) is 0 Å². The normalized spacial score (nSPS) is 12.3. The lowest BCUT2D eigenvalue weighted by molar-refractivity contribution is 0.0786. The second kappa shape index (κ2) is 8.99. The highest BCUT2D eigenvalue weighted by Gasteiger charge is 2.17. The van der Waals surface area contributed by atoms with Gasteiger partial charge in [-0.3, -0.25) is 0 Å². The van der Waals surface area contributed by atoms with Gasteiger partial charge in [0.25, 0.3) is 0 Å². The van der Waals surface area contributed by atoms with E-state index in [0.717, 1.165) is 29.2 Å². The largest absolute Gasteiger partial charge is 0.378 e. The predicted octanol–water partition coefficient (Wildman–Crippen LogP) is 5.10. The minimum atomic E-state index is -1.14. The molecule has 3 aromatic rings. The Hall–Kier alpha value is -2.40. The van der Waals surface area contributed by atoms with Crippen LogP contribution in [0.1, 0.15) is 26.3 Å². The molecule has 0 fully saturated rings. The topological polar surface area (TPSA) is 52.2 Å². The molecule has 1 N–H and O–H groups in total. The first-order valence-corrected chi connectivity index (χ1v) is 14.4. The van der Waals surface area contributed by atoms with E-state index in [2.05, 4.69) is 36.6 Å². The van der Waals surface area contributed by atoms with E-state index in [9.17, 15) is 9.50 Å². The smallest absolute Gasteiger partial charge is 0.148 e. The average Bonchev–Trinajstić information content (AvgIpc) is 3.26. The zero-order valence-corrected chi connectivity index (χ0v) is 20.3. The summed E-state index contributed by atoms with van der Waals surface area (Å²) in [5.41, 5.74) is 1.74. The highest BCUT2D eigenvalue weighted by Crippen LogP contribution is 2.33. The standard InChI is InChI=1S/C24H32FN3O2Si/c1-7-27-16-21(19-14-26-28(15-19)17-30-10-11-31(4,5)6)20-12-18(8-9-24(2,3)29)13-22(25)23(20)27/h12-16,29H,7,10-11,17H2,1-6H3. The summed E-state index contributed by atoms with van der Waals surface area (Å²) in [5, 5.41) is 15.1. The second-order valence-electron chi connectivity index (χ2n) is 9.61. The summed E-state index contributed by atoms with van der Waals surface area (Å²) in [5.74, 6) is 5.32. The number of halogens is 1. The number of aryl methyl sites for hydroxylation is 1. The van der Waals surface area contributed by atoms with Crippen molar-refractivity contribution in [2.45, 2.75) is 65.3 Å². The molecule has 0 amide bonds. The first-order chi connectivity index (χ1) is 14.5. The molecule has 166 valence electrons. The quantitative estimate of drug-likeness (QED) is 0.315. The van der Waals surface area contributed by atoms with Crippen molar-refractivity contribution in [1.29, 1.82) is 0 Å². The molecule has 2 heterocycles. The first kappa shape index (κ1) is 23.3. The number of aromatic nitrogens is 3. The molecule has 0 saturated heterocycles. The van der Waals surface area contributed by atoms with Crippen LogP contribution in [0.15, 0.2) is 30.7 Å². The van der Waals surface area contributed by atoms with Gasteiger partial charge in [-0.15, -0.1) is 0 Å². The monoisotopic (exact) mass is 441 g/mol. The highest BCUT2D eigenvalue weighted by molar-refractivity contribution is 6.76. The van der Waals surface area contributed by atoms with Crippen molar-refractivity contribution >= 4 is 19.0 Å². The van der Waals surface area contributed by atoms with Crippen molar-refractivity contribution < 1.29 is 14.2 Å². The van der Waals surface area contributed by atoms with E-state index in [-0.39, 0.29) is 5.82 Å². The lowest BCUT2D eigenvalue weighted by Crippen LogP contribution is -2.22. The average molecular weight is 442 g/mol. The molecular weight excluding hydrogens is 409 g/mol. The molecule has 0 atom stereocenters. The van der Waals surface area contributed by atoms with Gasteiger partial charge in [0, 0.05) is 55.7 Å². The third-order valence-corrected chi connectivity index (χ3v) is 6.65. The van der Waals surface area contributed by atoms with Crippen molar-refractivity contribution in [3.05, 3.63) is 42.1 Å². The highest BCUT2D eigenvalue weighted by atomic mass is 28.3. The molecular formula is C24H32FN3O2Si. The van der Waals surface area contributed by atoms with Crippen LogP contribution in [0.4, 0.5) is 4.39 Å². The lowest BCUT2D eigenvalue weighted by atomic mass is 10.0. The third kappa shape index (κ3) is 6.07. The molecule has 31 heavy (non-hydrogen) atoms. The van der Waals surface area contributed by atoms with Crippen molar-refractivity contribution in [3.63, 3.8) is 0 Å². The van der Waals surface area contributed by atoms with Crippen LogP contribution in [0.25, 0.3) is 22.0 Å². The predicted molar refractivity (Wildman–Crippen MR) is 126 cm³/mol. The summed E-state index contributed by atoms with van der Waals surface area (Å²) in [7, 11) is -1.12. The van der Waals surface area contributed by atoms with Crippen LogP contribution < -0.4 is 0 Å². The zero-order chi connectivity index (χ0) is 22.8. The van der Waals surface area contributed by atoms with Gasteiger partial charge in [-0.05, 0) is 38.9 Å². The van der Waals surface area contributed by atoms with E-state index in [0.29, 0.717) is 24.4 Å². The van der Waals surface area contributed by atoms with Crippen LogP contribution in [0.2, 0.25) is 25.7 Å². The molecule has 0 unspecified atom stereocenters. The van der Waals surface area contributed by atoms with Crippen LogP contribution in [0.5, 0.6) is 0 Å². The van der Waals surface area contributed by atoms with Gasteiger partial charge in [0.05, 0.1) is 11.7 Å². The molecule has 0 aliphatic carbocycles. The van der Waals surface area contributed by atoms with Crippen molar-refractivity contribution in [1.82, 2.24) is 14.3 Å². The van der Waals surface area contributed by atoms with Gasteiger partial charge in [0.2, 0.25) is 0 Å². The molecule has 7 heteroatoms. The SMILES string of the molecule is CCn1cc(-c2cnn(COCC[Si](C)(C)C)c2)c2cc(C#CC(C)(C)O)cc(F)c21. The second-order valence-corrected chi connectivity index (χ2v) is 15.2. The maximum absolute atomic E-state index is 15.0. The Morgan fingerprint density at radius 1 is 1.23 bits per heavy atom. The summed E-state index contributed by atoms with van der Waals surface area (Å²) in [6.07, 6.45) is 5.66. The van der Waals surface area contributed by atoms with Crippen molar-refractivity contribution in [3.8, 4) is 23.0 Å². The molecule has 0 bridgehead atoms. The van der Waals surface area contributed by atoms with Gasteiger partial charge in [-0.1, -0.05) is 31.5 Å². The van der Waals surface area contributed by atoms with Gasteiger partial charge in [0.15, 0.2) is 0 Å². The fourth-order valence-corrected chi connectivity index (χ4v) is 4.03. The van der Waals surface area contributed by atoms with Crippen LogP contribution >= 0.6 is 0 Å². The number of hydrogen-bond acceptors (Lipinski definition) is 3. The molecule has 0 aliphatic heterocycles. The van der Waals surface area contributed by atoms with Crippen LogP contribution in [0, 0.1) is 17.7 Å². The summed E-state index contributed by atoms with van der Waals surface area (Å²) in [6.45, 7) is 13.9. The number of nitrogens with zero attached hydrogens (tertiary/aromatic N) is 3. The van der Waals surface area contributed by atoms with Crippen LogP contribution in [-0.4, -0.2) is 39.7 Å². The molecule has 3 rings (SSSR count). The number of hydrogen-bond donors (Lipinski definition) is 1. The number of ether oxygens (including phenoxy) is 1. The van der Waals surface area contributed by atoms with Crippen LogP contribution in [-0.2, 0) is 18.0 Å². The van der Waals surface area contributed by atoms with E-state index < -0.39 is 13.7 Å². The molecule has 1 aromatic carbocycles. The maximum Gasteiger partial charge on any atom is 0.148 e. The molecule has 0 aliphatic rings. The van der Waals surface area contributed by atoms with E-state index >= 15 is 0 Å². The van der Waals surface area contributed by atoms with Gasteiger partial charge < -0.3 is 14.4 Å². The summed E-state index contributed by atoms with van der Waals surface area (Å²) in [4.78, 5) is 0. The first-order valence-electron chi connectivity index (χ1n) is 10.7. The van der Waals surface area contributed by atoms with E-state index in [4.69, 9.17) is 4.74 Å². The zero-order valence-electron chi connectivity index (χ0n) is 19.3. The number of benzene rings is 1. The number of aliphatic hydroxyl groups is 1. The van der Waals surface area contributed by atoms with Crippen molar-refractivity contribution in [2.75, 3.05) is 6.61 Å². The minimum absolute atomic E-state index is 0.326. The Morgan fingerprint density at radius 3 is 2.61 bits per heavy atom. The van der Waals surface area contributed by atoms with E-state index in [1.165, 1.54) is 6.07 Å². The minimum Gasteiger partial charge on any atom is -0.378 e. The lowest BCUT2D eigenvalue weighted by Gasteiger charge is -2.15. The molecule has 0 radical (unpaired) electrons. The van der Waals surface area contributed by atoms with Gasteiger partial charge in [0.1, 0.15) is 18.1 Å².